The topological polar surface area (TPSA) is 74.7 Å². The fourth-order valence-corrected chi connectivity index (χ4v) is 3.91. The van der Waals surface area contributed by atoms with E-state index in [1.165, 1.54) is 19.2 Å². The summed E-state index contributed by atoms with van der Waals surface area (Å²) in [6.07, 6.45) is -5.54. The van der Waals surface area contributed by atoms with Crippen molar-refractivity contribution in [2.45, 2.75) is 37.5 Å². The van der Waals surface area contributed by atoms with Gasteiger partial charge in [0, 0.05) is 17.7 Å². The Bertz CT molecular complexity index is 1290. The van der Waals surface area contributed by atoms with Crippen LogP contribution in [-0.4, -0.2) is 35.2 Å². The van der Waals surface area contributed by atoms with Gasteiger partial charge in [0.15, 0.2) is 5.60 Å². The Labute approximate surface area is 195 Å². The molecular weight excluding hydrogens is 483 g/mol. The van der Waals surface area contributed by atoms with Crippen molar-refractivity contribution in [1.29, 1.82) is 0 Å². The third-order valence-electron chi connectivity index (χ3n) is 5.50. The van der Waals surface area contributed by atoms with Crippen LogP contribution >= 0.6 is 11.6 Å². The van der Waals surface area contributed by atoms with Crippen LogP contribution in [-0.2, 0) is 0 Å². The van der Waals surface area contributed by atoms with Crippen LogP contribution in [0.25, 0.3) is 10.9 Å². The summed E-state index contributed by atoms with van der Waals surface area (Å²) in [5.74, 6) is -2.65. The number of rotatable bonds is 7. The molecule has 2 aromatic carbocycles. The number of halogens is 6. The van der Waals surface area contributed by atoms with Crippen LogP contribution in [0.3, 0.4) is 0 Å². The number of benzene rings is 2. The zero-order valence-electron chi connectivity index (χ0n) is 18.0. The predicted molar refractivity (Wildman–Crippen MR) is 119 cm³/mol. The average molecular weight is 503 g/mol. The zero-order valence-corrected chi connectivity index (χ0v) is 18.8. The second-order valence-electron chi connectivity index (χ2n) is 7.65. The van der Waals surface area contributed by atoms with Gasteiger partial charge in [-0.1, -0.05) is 24.6 Å². The lowest BCUT2D eigenvalue weighted by molar-refractivity contribution is -0.232. The van der Waals surface area contributed by atoms with E-state index in [0.29, 0.717) is 6.21 Å². The maximum atomic E-state index is 14.0. The molecule has 0 radical (unpaired) electrons. The number of pyridine rings is 1. The van der Waals surface area contributed by atoms with Crippen LogP contribution in [0.4, 0.5) is 27.6 Å². The van der Waals surface area contributed by atoms with Crippen molar-refractivity contribution < 1.29 is 31.8 Å². The average Bonchev–Trinajstić information content (AvgIpc) is 2.78. The van der Waals surface area contributed by atoms with Crippen LogP contribution in [0.5, 0.6) is 5.75 Å². The first-order chi connectivity index (χ1) is 15.9. The van der Waals surface area contributed by atoms with Gasteiger partial charge in [-0.2, -0.15) is 13.2 Å². The van der Waals surface area contributed by atoms with Gasteiger partial charge < -0.3 is 14.8 Å². The summed E-state index contributed by atoms with van der Waals surface area (Å²) in [6, 6.07) is 6.63. The van der Waals surface area contributed by atoms with Gasteiger partial charge in [-0.3, -0.25) is 9.79 Å². The number of aliphatic hydroxyl groups is 1. The third-order valence-corrected chi connectivity index (χ3v) is 5.86. The number of H-pyrrole nitrogens is 1. The van der Waals surface area contributed by atoms with Crippen molar-refractivity contribution >= 4 is 34.4 Å². The van der Waals surface area contributed by atoms with E-state index in [4.69, 9.17) is 16.3 Å². The molecule has 0 saturated heterocycles. The Kier molecular flexibility index (Phi) is 7.32. The molecule has 11 heteroatoms. The summed E-state index contributed by atoms with van der Waals surface area (Å²) < 4.78 is 75.0. The van der Waals surface area contributed by atoms with Gasteiger partial charge in [0.25, 0.3) is 0 Å². The molecule has 0 saturated carbocycles. The Morgan fingerprint density at radius 1 is 1.15 bits per heavy atom. The fraction of sp³-hybridized carbons (Fsp3) is 0.304. The number of methoxy groups -OCH3 is 1. The lowest BCUT2D eigenvalue weighted by Crippen LogP contribution is -2.47. The number of aromatic nitrogens is 1. The summed E-state index contributed by atoms with van der Waals surface area (Å²) in [5, 5.41) is 10.4. The summed E-state index contributed by atoms with van der Waals surface area (Å²) in [6.45, 7) is 1.60. The summed E-state index contributed by atoms with van der Waals surface area (Å²) in [4.78, 5) is 17.6. The van der Waals surface area contributed by atoms with Crippen molar-refractivity contribution in [3.63, 3.8) is 0 Å². The smallest absolute Gasteiger partial charge is 0.422 e. The van der Waals surface area contributed by atoms with E-state index in [2.05, 4.69) is 9.98 Å². The number of nitrogens with one attached hydrogen (secondary N) is 1. The Morgan fingerprint density at radius 2 is 1.82 bits per heavy atom. The van der Waals surface area contributed by atoms with Gasteiger partial charge in [-0.25, -0.2) is 8.78 Å². The normalized spacial score (nSPS) is 15.0. The summed E-state index contributed by atoms with van der Waals surface area (Å²) in [7, 11) is 1.21. The molecule has 0 unspecified atom stereocenters. The molecule has 182 valence electrons. The Balaban J connectivity index is 2.06. The van der Waals surface area contributed by atoms with Crippen molar-refractivity contribution in [2.24, 2.45) is 4.99 Å². The molecule has 0 aliphatic heterocycles. The molecule has 0 aliphatic rings. The number of alkyl halides is 3. The number of aromatic amines is 1. The van der Waals surface area contributed by atoms with Crippen LogP contribution in [0.15, 0.2) is 46.2 Å². The lowest BCUT2D eigenvalue weighted by Gasteiger charge is -2.31. The van der Waals surface area contributed by atoms with E-state index in [9.17, 15) is 31.9 Å². The number of hydrogen-bond acceptors (Lipinski definition) is 4. The molecule has 1 heterocycles. The minimum Gasteiger partial charge on any atom is -0.495 e. The summed E-state index contributed by atoms with van der Waals surface area (Å²) >= 11 is 5.91. The van der Waals surface area contributed by atoms with Crippen molar-refractivity contribution in [3.8, 4) is 5.75 Å². The van der Waals surface area contributed by atoms with Gasteiger partial charge in [-0.05, 0) is 48.6 Å². The number of aliphatic imine (C=N–C) groups is 1. The molecule has 5 nitrogen and oxygen atoms in total. The number of hydrogen-bond donors (Lipinski definition) is 2. The Morgan fingerprint density at radius 3 is 2.44 bits per heavy atom. The molecule has 3 rings (SSSR count). The van der Waals surface area contributed by atoms with Crippen LogP contribution in [0.2, 0.25) is 5.02 Å². The molecule has 2 atom stereocenters. The second-order valence-corrected chi connectivity index (χ2v) is 8.03. The van der Waals surface area contributed by atoms with Crippen molar-refractivity contribution in [1.82, 2.24) is 4.98 Å². The SMILES string of the molecule is CC[C@H](C[C@](O)(C=Nc1ccc(F)c2[nH]c(=O)ccc12)C(F)(F)F)c1ccc(F)c(Cl)c1OC. The second kappa shape index (κ2) is 9.71. The largest absolute Gasteiger partial charge is 0.495 e. The monoisotopic (exact) mass is 502 g/mol. The first-order valence-electron chi connectivity index (χ1n) is 10.1. The van der Waals surface area contributed by atoms with Crippen molar-refractivity contribution in [3.05, 3.63) is 69.0 Å². The van der Waals surface area contributed by atoms with Crippen LogP contribution < -0.4 is 10.3 Å². The molecule has 34 heavy (non-hydrogen) atoms. The lowest BCUT2D eigenvalue weighted by atomic mass is 9.84. The molecular formula is C23H20ClF5N2O3. The highest BCUT2D eigenvalue weighted by Crippen LogP contribution is 2.43. The molecule has 0 bridgehead atoms. The fourth-order valence-electron chi connectivity index (χ4n) is 3.66. The van der Waals surface area contributed by atoms with E-state index >= 15 is 0 Å². The van der Waals surface area contributed by atoms with Gasteiger partial charge in [0.2, 0.25) is 5.56 Å². The first-order valence-corrected chi connectivity index (χ1v) is 10.5. The molecule has 1 aromatic heterocycles. The van der Waals surface area contributed by atoms with E-state index in [1.54, 1.807) is 6.92 Å². The Hall–Kier alpha value is -2.98. The molecule has 0 fully saturated rings. The number of fused-ring (bicyclic) bond motifs is 1. The van der Waals surface area contributed by atoms with Crippen LogP contribution in [0, 0.1) is 11.6 Å². The van der Waals surface area contributed by atoms with E-state index in [0.717, 1.165) is 24.3 Å². The maximum absolute atomic E-state index is 14.0. The van der Waals surface area contributed by atoms with Gasteiger partial charge in [0.1, 0.15) is 22.4 Å². The minimum atomic E-state index is -5.13. The van der Waals surface area contributed by atoms with Crippen molar-refractivity contribution in [2.75, 3.05) is 7.11 Å². The van der Waals surface area contributed by atoms with E-state index in [1.807, 2.05) is 0 Å². The first kappa shape index (κ1) is 25.6. The number of nitrogens with zero attached hydrogens (tertiary/aromatic N) is 1. The summed E-state index contributed by atoms with van der Waals surface area (Å²) in [5.41, 5.74) is -4.13. The molecule has 2 N–H and O–H groups in total. The predicted octanol–water partition coefficient (Wildman–Crippen LogP) is 6.05. The molecule has 3 aromatic rings. The highest BCUT2D eigenvalue weighted by molar-refractivity contribution is 6.32. The molecule has 0 amide bonds. The molecule has 0 spiro atoms. The van der Waals surface area contributed by atoms with E-state index < -0.39 is 41.3 Å². The standard InChI is InChI=1S/C23H20ClF5N2O3/c1-3-12(13-4-6-15(25)19(24)21(13)34-2)10-22(33,23(27,28)29)11-30-17-8-7-16(26)20-14(17)5-9-18(32)31-20/h4-9,11-12,33H,3,10H2,1-2H3,(H,31,32)/t12-,22+/m1/s1. The molecule has 0 aliphatic carbocycles. The van der Waals surface area contributed by atoms with Gasteiger partial charge >= 0.3 is 6.18 Å². The third kappa shape index (κ3) is 4.92. The highest BCUT2D eigenvalue weighted by atomic mass is 35.5. The minimum absolute atomic E-state index is 0.0550. The maximum Gasteiger partial charge on any atom is 0.422 e. The van der Waals surface area contributed by atoms with Gasteiger partial charge in [0.05, 0.1) is 18.3 Å². The highest BCUT2D eigenvalue weighted by Gasteiger charge is 2.53. The van der Waals surface area contributed by atoms with E-state index in [-0.39, 0.29) is 39.3 Å². The van der Waals surface area contributed by atoms with Crippen LogP contribution in [0.1, 0.15) is 31.2 Å². The number of ether oxygens (including phenoxy) is 1. The zero-order chi connectivity index (χ0) is 25.3. The quantitative estimate of drug-likeness (QED) is 0.305. The van der Waals surface area contributed by atoms with Gasteiger partial charge in [-0.15, -0.1) is 0 Å².